The summed E-state index contributed by atoms with van der Waals surface area (Å²) in [4.78, 5) is 29.2. The Kier molecular flexibility index (Phi) is 4.26. The predicted molar refractivity (Wildman–Crippen MR) is 87.4 cm³/mol. The number of carbonyl (C=O) groups excluding carboxylic acids is 2. The van der Waals surface area contributed by atoms with Crippen molar-refractivity contribution in [1.29, 1.82) is 0 Å². The zero-order chi connectivity index (χ0) is 17.3. The van der Waals surface area contributed by atoms with Gasteiger partial charge in [-0.25, -0.2) is 9.59 Å². The average molecular weight is 330 g/mol. The minimum atomic E-state index is -0.616. The van der Waals surface area contributed by atoms with Gasteiger partial charge in [0.25, 0.3) is 0 Å². The Morgan fingerprint density at radius 1 is 1.21 bits per heavy atom. The van der Waals surface area contributed by atoms with E-state index in [2.05, 4.69) is 4.98 Å². The topological polar surface area (TPSA) is 80.9 Å². The monoisotopic (exact) mass is 330 g/mol. The number of rotatable bonds is 3. The van der Waals surface area contributed by atoms with E-state index < -0.39 is 11.9 Å². The van der Waals surface area contributed by atoms with E-state index in [4.69, 9.17) is 14.2 Å². The smallest absolute Gasteiger partial charge is 0.355 e. The molecule has 1 aliphatic heterocycles. The molecule has 126 valence electrons. The molecule has 0 amide bonds. The standard InChI is InChI=1S/C17H18N2O5/c1-10-7-18-14-11(10)5-4-6-13(14)19-9-24-8-12(16(20)22-2)15(19)17(21)23-3/h4-7,18H,8-9H2,1-3H3. The summed E-state index contributed by atoms with van der Waals surface area (Å²) in [6.07, 6.45) is 1.89. The number of anilines is 1. The van der Waals surface area contributed by atoms with Gasteiger partial charge in [0.15, 0.2) is 0 Å². The van der Waals surface area contributed by atoms with Crippen LogP contribution in [0.5, 0.6) is 0 Å². The number of hydrogen-bond acceptors (Lipinski definition) is 6. The maximum atomic E-state index is 12.3. The second kappa shape index (κ2) is 6.37. The van der Waals surface area contributed by atoms with Crippen LogP contribution in [0, 0.1) is 6.92 Å². The van der Waals surface area contributed by atoms with Gasteiger partial charge in [-0.2, -0.15) is 0 Å². The number of esters is 2. The molecular formula is C17H18N2O5. The highest BCUT2D eigenvalue weighted by atomic mass is 16.5. The lowest BCUT2D eigenvalue weighted by molar-refractivity contribution is -0.140. The van der Waals surface area contributed by atoms with Crippen molar-refractivity contribution in [3.8, 4) is 0 Å². The fourth-order valence-electron chi connectivity index (χ4n) is 2.84. The molecule has 24 heavy (non-hydrogen) atoms. The molecule has 1 aromatic heterocycles. The van der Waals surface area contributed by atoms with Crippen LogP contribution in [0.25, 0.3) is 10.9 Å². The number of aromatic amines is 1. The van der Waals surface area contributed by atoms with Crippen LogP contribution in [-0.4, -0.2) is 44.5 Å². The summed E-state index contributed by atoms with van der Waals surface area (Å²) in [5.74, 6) is -1.23. The van der Waals surface area contributed by atoms with Gasteiger partial charge in [-0.05, 0) is 18.6 Å². The van der Waals surface area contributed by atoms with Crippen LogP contribution in [0.4, 0.5) is 5.69 Å². The summed E-state index contributed by atoms with van der Waals surface area (Å²) in [5.41, 5.74) is 2.93. The van der Waals surface area contributed by atoms with Gasteiger partial charge >= 0.3 is 11.9 Å². The molecule has 0 fully saturated rings. The molecule has 0 aliphatic carbocycles. The maximum Gasteiger partial charge on any atom is 0.355 e. The van der Waals surface area contributed by atoms with Crippen molar-refractivity contribution in [2.24, 2.45) is 0 Å². The number of carbonyl (C=O) groups is 2. The molecule has 0 saturated carbocycles. The Balaban J connectivity index is 2.20. The number of para-hydroxylation sites is 1. The van der Waals surface area contributed by atoms with Gasteiger partial charge in [-0.1, -0.05) is 12.1 Å². The molecular weight excluding hydrogens is 312 g/mol. The molecule has 1 N–H and O–H groups in total. The molecule has 0 bridgehead atoms. The Morgan fingerprint density at radius 2 is 1.96 bits per heavy atom. The highest BCUT2D eigenvalue weighted by Crippen LogP contribution is 2.33. The molecule has 0 saturated heterocycles. The summed E-state index contributed by atoms with van der Waals surface area (Å²) in [6, 6.07) is 5.73. The number of benzene rings is 1. The van der Waals surface area contributed by atoms with Gasteiger partial charge in [0.2, 0.25) is 0 Å². The van der Waals surface area contributed by atoms with Crippen LogP contribution in [-0.2, 0) is 23.8 Å². The molecule has 0 radical (unpaired) electrons. The molecule has 0 atom stereocenters. The molecule has 0 spiro atoms. The fraction of sp³-hybridized carbons (Fsp3) is 0.294. The van der Waals surface area contributed by atoms with E-state index in [0.29, 0.717) is 0 Å². The molecule has 2 heterocycles. The molecule has 1 aliphatic rings. The highest BCUT2D eigenvalue weighted by Gasteiger charge is 2.33. The Morgan fingerprint density at radius 3 is 2.67 bits per heavy atom. The molecule has 3 rings (SSSR count). The van der Waals surface area contributed by atoms with Crippen LogP contribution in [0.3, 0.4) is 0 Å². The van der Waals surface area contributed by atoms with Crippen LogP contribution in [0.2, 0.25) is 0 Å². The highest BCUT2D eigenvalue weighted by molar-refractivity contribution is 6.05. The Labute approximate surface area is 138 Å². The number of H-pyrrole nitrogens is 1. The van der Waals surface area contributed by atoms with E-state index in [9.17, 15) is 9.59 Å². The molecule has 7 heteroatoms. The third kappa shape index (κ3) is 2.52. The van der Waals surface area contributed by atoms with Crippen LogP contribution in [0.1, 0.15) is 5.56 Å². The van der Waals surface area contributed by atoms with Gasteiger partial charge in [0.05, 0.1) is 37.6 Å². The summed E-state index contributed by atoms with van der Waals surface area (Å²) in [5, 5.41) is 1.03. The van der Waals surface area contributed by atoms with E-state index in [-0.39, 0.29) is 24.6 Å². The number of aryl methyl sites for hydroxylation is 1. The lowest BCUT2D eigenvalue weighted by atomic mass is 10.1. The summed E-state index contributed by atoms with van der Waals surface area (Å²) < 4.78 is 15.1. The first kappa shape index (κ1) is 16.1. The zero-order valence-corrected chi connectivity index (χ0v) is 13.7. The van der Waals surface area contributed by atoms with Gasteiger partial charge in [-0.15, -0.1) is 0 Å². The zero-order valence-electron chi connectivity index (χ0n) is 13.7. The number of fused-ring (bicyclic) bond motifs is 1. The lowest BCUT2D eigenvalue weighted by Gasteiger charge is -2.31. The predicted octanol–water partition coefficient (Wildman–Crippen LogP) is 1.87. The van der Waals surface area contributed by atoms with E-state index in [1.807, 2.05) is 31.3 Å². The normalized spacial score (nSPS) is 14.9. The molecule has 0 unspecified atom stereocenters. The number of aromatic nitrogens is 1. The number of methoxy groups -OCH3 is 2. The maximum absolute atomic E-state index is 12.3. The quantitative estimate of drug-likeness (QED) is 0.866. The second-order valence-electron chi connectivity index (χ2n) is 5.39. The fourth-order valence-corrected chi connectivity index (χ4v) is 2.84. The third-order valence-electron chi connectivity index (χ3n) is 4.02. The van der Waals surface area contributed by atoms with Crippen LogP contribution < -0.4 is 4.90 Å². The molecule has 7 nitrogen and oxygen atoms in total. The first-order valence-corrected chi connectivity index (χ1v) is 7.40. The summed E-state index contributed by atoms with van der Waals surface area (Å²) >= 11 is 0. The molecule has 1 aromatic carbocycles. The van der Waals surface area contributed by atoms with Crippen molar-refractivity contribution in [2.45, 2.75) is 6.92 Å². The summed E-state index contributed by atoms with van der Waals surface area (Å²) in [7, 11) is 2.54. The van der Waals surface area contributed by atoms with Gasteiger partial charge < -0.3 is 24.1 Å². The largest absolute Gasteiger partial charge is 0.466 e. The third-order valence-corrected chi connectivity index (χ3v) is 4.02. The van der Waals surface area contributed by atoms with E-state index in [1.165, 1.54) is 14.2 Å². The Bertz CT molecular complexity index is 837. The Hall–Kier alpha value is -2.80. The van der Waals surface area contributed by atoms with Gasteiger partial charge in [0, 0.05) is 11.6 Å². The van der Waals surface area contributed by atoms with Crippen molar-refractivity contribution in [1.82, 2.24) is 4.98 Å². The molecule has 2 aromatic rings. The van der Waals surface area contributed by atoms with Crippen molar-refractivity contribution in [2.75, 3.05) is 32.5 Å². The number of hydrogen-bond donors (Lipinski definition) is 1. The number of nitrogens with zero attached hydrogens (tertiary/aromatic N) is 1. The lowest BCUT2D eigenvalue weighted by Crippen LogP contribution is -2.38. The van der Waals surface area contributed by atoms with Crippen LogP contribution in [0.15, 0.2) is 35.7 Å². The van der Waals surface area contributed by atoms with E-state index >= 15 is 0 Å². The van der Waals surface area contributed by atoms with Gasteiger partial charge in [-0.3, -0.25) is 0 Å². The van der Waals surface area contributed by atoms with Crippen molar-refractivity contribution < 1.29 is 23.8 Å². The number of nitrogens with one attached hydrogen (secondary N) is 1. The average Bonchev–Trinajstić information content (AvgIpc) is 3.01. The van der Waals surface area contributed by atoms with Crippen molar-refractivity contribution >= 4 is 28.5 Å². The minimum Gasteiger partial charge on any atom is -0.466 e. The van der Waals surface area contributed by atoms with Gasteiger partial charge in [0.1, 0.15) is 12.4 Å². The van der Waals surface area contributed by atoms with Crippen LogP contribution >= 0.6 is 0 Å². The van der Waals surface area contributed by atoms with Crippen molar-refractivity contribution in [3.05, 3.63) is 41.2 Å². The SMILES string of the molecule is COC(=O)C1=C(C(=O)OC)N(c2cccc3c(C)c[nH]c23)COC1. The summed E-state index contributed by atoms with van der Waals surface area (Å²) in [6.45, 7) is 2.11. The second-order valence-corrected chi connectivity index (χ2v) is 5.39. The number of ether oxygens (including phenoxy) is 3. The first-order chi connectivity index (χ1) is 11.6. The minimum absolute atomic E-state index is 0.00661. The van der Waals surface area contributed by atoms with E-state index in [0.717, 1.165) is 22.2 Å². The van der Waals surface area contributed by atoms with E-state index in [1.54, 1.807) is 4.90 Å². The van der Waals surface area contributed by atoms with Crippen molar-refractivity contribution in [3.63, 3.8) is 0 Å². The first-order valence-electron chi connectivity index (χ1n) is 7.40.